The molecule has 0 atom stereocenters. The Morgan fingerprint density at radius 2 is 1.29 bits per heavy atom. The van der Waals surface area contributed by atoms with Crippen LogP contribution in [0.3, 0.4) is 0 Å². The minimum absolute atomic E-state index is 0.0247. The topological polar surface area (TPSA) is 236 Å². The van der Waals surface area contributed by atoms with Crippen LogP contribution in [0.5, 0.6) is 0 Å². The number of non-ortho nitro benzene ring substituents is 2. The van der Waals surface area contributed by atoms with Crippen molar-refractivity contribution in [1.29, 1.82) is 0 Å². The predicted octanol–water partition coefficient (Wildman–Crippen LogP) is 2.32. The summed E-state index contributed by atoms with van der Waals surface area (Å²) in [4.78, 5) is 33.2. The highest BCUT2D eigenvalue weighted by molar-refractivity contribution is 7.89. The Hall–Kier alpha value is -4.00. The van der Waals surface area contributed by atoms with Crippen LogP contribution < -0.4 is 9.44 Å². The molecule has 0 fully saturated rings. The number of hydrogen-bond donors (Lipinski definition) is 4. The van der Waals surface area contributed by atoms with Gasteiger partial charge in [0.25, 0.3) is 31.4 Å². The van der Waals surface area contributed by atoms with E-state index < -0.39 is 29.9 Å². The van der Waals surface area contributed by atoms with Crippen molar-refractivity contribution in [3.63, 3.8) is 0 Å². The maximum absolute atomic E-state index is 11.9. The number of sulfonamides is 2. The van der Waals surface area contributed by atoms with E-state index in [0.717, 1.165) is 0 Å². The van der Waals surface area contributed by atoms with Crippen LogP contribution >= 0.6 is 0 Å². The van der Waals surface area contributed by atoms with Crippen molar-refractivity contribution in [3.05, 3.63) is 56.6 Å². The lowest BCUT2D eigenvalue weighted by atomic mass is 10.3. The zero-order valence-electron chi connectivity index (χ0n) is 20.3. The van der Waals surface area contributed by atoms with Crippen molar-refractivity contribution in [1.82, 2.24) is 29.4 Å². The number of para-hydroxylation sites is 2. The summed E-state index contributed by atoms with van der Waals surface area (Å²) in [6.07, 6.45) is 0.638. The molecule has 2 aromatic carbocycles. The molecule has 4 rings (SSSR count). The zero-order valence-corrected chi connectivity index (χ0v) is 22.0. The molecule has 18 heteroatoms. The molecule has 0 saturated carbocycles. The number of nitrogens with zero attached hydrogens (tertiary/aromatic N) is 4. The van der Waals surface area contributed by atoms with Crippen molar-refractivity contribution < 1.29 is 26.7 Å². The average Bonchev–Trinajstić information content (AvgIpc) is 3.47. The molecule has 0 aliphatic heterocycles. The van der Waals surface area contributed by atoms with Gasteiger partial charge < -0.3 is 9.97 Å². The van der Waals surface area contributed by atoms with Crippen molar-refractivity contribution in [2.45, 2.75) is 43.5 Å². The van der Waals surface area contributed by atoms with E-state index in [1.54, 1.807) is 13.8 Å². The summed E-state index contributed by atoms with van der Waals surface area (Å²) in [7, 11) is -7.57. The molecule has 0 aliphatic rings. The summed E-state index contributed by atoms with van der Waals surface area (Å²) in [5.74, 6) is 0. The summed E-state index contributed by atoms with van der Waals surface area (Å²) in [5.41, 5.74) is 0.204. The van der Waals surface area contributed by atoms with Gasteiger partial charge in [-0.1, -0.05) is 19.1 Å². The normalized spacial score (nSPS) is 12.0. The molecule has 16 nitrogen and oxygen atoms in total. The molecule has 4 aromatic rings. The monoisotopic (exact) mass is 568 g/mol. The van der Waals surface area contributed by atoms with Crippen LogP contribution in [0.1, 0.15) is 27.2 Å². The van der Waals surface area contributed by atoms with E-state index >= 15 is 0 Å². The highest BCUT2D eigenvalue weighted by Gasteiger charge is 2.24. The third-order valence-electron chi connectivity index (χ3n) is 4.77. The van der Waals surface area contributed by atoms with E-state index in [2.05, 4.69) is 29.4 Å². The smallest absolute Gasteiger partial charge is 0.297 e. The van der Waals surface area contributed by atoms with E-state index in [1.807, 2.05) is 6.92 Å². The molecule has 0 spiro atoms. The molecule has 2 aromatic heterocycles. The van der Waals surface area contributed by atoms with E-state index in [0.29, 0.717) is 17.5 Å². The average molecular weight is 569 g/mol. The van der Waals surface area contributed by atoms with Gasteiger partial charge in [0, 0.05) is 24.7 Å². The molecule has 204 valence electrons. The van der Waals surface area contributed by atoms with Crippen LogP contribution in [-0.2, 0) is 20.0 Å². The van der Waals surface area contributed by atoms with Gasteiger partial charge >= 0.3 is 0 Å². The number of nitro benzene ring substituents is 2. The molecule has 0 saturated heterocycles. The lowest BCUT2D eigenvalue weighted by Gasteiger charge is -2.05. The minimum Gasteiger partial charge on any atom is -0.327 e. The van der Waals surface area contributed by atoms with Gasteiger partial charge in [-0.15, -0.1) is 0 Å². The quantitative estimate of drug-likeness (QED) is 0.170. The fourth-order valence-corrected chi connectivity index (χ4v) is 5.46. The molecule has 0 amide bonds. The number of aromatic amines is 2. The highest BCUT2D eigenvalue weighted by Crippen LogP contribution is 2.25. The van der Waals surface area contributed by atoms with Gasteiger partial charge in [-0.05, 0) is 32.4 Å². The van der Waals surface area contributed by atoms with E-state index in [1.165, 1.54) is 36.4 Å². The predicted molar refractivity (Wildman–Crippen MR) is 136 cm³/mol. The molecular formula is C20H24N8O8S2. The Balaban J connectivity index is 0.000000211. The SMILES string of the molecule is CC(C)NS(=O)(=O)c1nc2c([N+](=O)[O-])cccc2[nH]1.CCCNS(=O)(=O)c1nc2c([N+](=O)[O-])cccc2[nH]1. The van der Waals surface area contributed by atoms with Gasteiger partial charge in [0.2, 0.25) is 10.3 Å². The first-order chi connectivity index (χ1) is 17.8. The van der Waals surface area contributed by atoms with Gasteiger partial charge in [-0.2, -0.15) is 0 Å². The molecule has 2 heterocycles. The zero-order chi connectivity index (χ0) is 28.3. The highest BCUT2D eigenvalue weighted by atomic mass is 32.2. The summed E-state index contributed by atoms with van der Waals surface area (Å²) >= 11 is 0. The van der Waals surface area contributed by atoms with Crippen molar-refractivity contribution in [2.24, 2.45) is 0 Å². The molecule has 0 bridgehead atoms. The summed E-state index contributed by atoms with van der Waals surface area (Å²) in [6, 6.07) is 8.25. The number of nitrogens with one attached hydrogen (secondary N) is 4. The summed E-state index contributed by atoms with van der Waals surface area (Å²) in [6.45, 7) is 5.44. The maximum atomic E-state index is 11.9. The Labute approximate surface area is 216 Å². The number of aromatic nitrogens is 4. The Bertz CT molecular complexity index is 1710. The van der Waals surface area contributed by atoms with Gasteiger partial charge in [-0.3, -0.25) is 20.2 Å². The second-order valence-corrected chi connectivity index (χ2v) is 11.4. The van der Waals surface area contributed by atoms with Crippen LogP contribution in [0.4, 0.5) is 11.4 Å². The van der Waals surface area contributed by atoms with Gasteiger partial charge in [0.05, 0.1) is 20.9 Å². The third kappa shape index (κ3) is 6.28. The summed E-state index contributed by atoms with van der Waals surface area (Å²) in [5, 5.41) is 21.0. The maximum Gasteiger partial charge on any atom is 0.297 e. The molecule has 4 N–H and O–H groups in total. The van der Waals surface area contributed by atoms with Crippen LogP contribution in [0.25, 0.3) is 22.1 Å². The second-order valence-electron chi connectivity index (χ2n) is 8.12. The number of fused-ring (bicyclic) bond motifs is 2. The number of nitro groups is 2. The fourth-order valence-electron chi connectivity index (χ4n) is 3.21. The lowest BCUT2D eigenvalue weighted by molar-refractivity contribution is -0.383. The number of rotatable bonds is 9. The Kier molecular flexibility index (Phi) is 8.40. The van der Waals surface area contributed by atoms with Crippen LogP contribution in [0.15, 0.2) is 46.7 Å². The molecule has 0 radical (unpaired) electrons. The fraction of sp³-hybridized carbons (Fsp3) is 0.300. The standard InChI is InChI=1S/2C10H12N4O4S/c1-6(2)13-19(17,18)10-11-7-4-3-5-8(14(15)16)9(7)12-10;1-2-6-11-19(17,18)10-12-7-4-3-5-8(14(15)16)9(7)13-10/h3-6,13H,1-2H3,(H,11,12);3-5,11H,2,6H2,1H3,(H,12,13). The van der Waals surface area contributed by atoms with Crippen molar-refractivity contribution in [3.8, 4) is 0 Å². The molecule has 38 heavy (non-hydrogen) atoms. The lowest BCUT2D eigenvalue weighted by Crippen LogP contribution is -2.30. The minimum atomic E-state index is -3.80. The molecular weight excluding hydrogens is 544 g/mol. The van der Waals surface area contributed by atoms with Crippen LogP contribution in [-0.4, -0.2) is 59.2 Å². The van der Waals surface area contributed by atoms with Gasteiger partial charge in [0.15, 0.2) is 11.0 Å². The first-order valence-corrected chi connectivity index (χ1v) is 14.0. The van der Waals surface area contributed by atoms with Gasteiger partial charge in [0.1, 0.15) is 0 Å². The van der Waals surface area contributed by atoms with E-state index in [9.17, 15) is 37.1 Å². The van der Waals surface area contributed by atoms with Crippen molar-refractivity contribution in [2.75, 3.05) is 6.54 Å². The van der Waals surface area contributed by atoms with Crippen LogP contribution in [0.2, 0.25) is 0 Å². The molecule has 0 aliphatic carbocycles. The second kappa shape index (κ2) is 11.2. The largest absolute Gasteiger partial charge is 0.327 e. The summed E-state index contributed by atoms with van der Waals surface area (Å²) < 4.78 is 52.3. The Morgan fingerprint density at radius 1 is 0.842 bits per heavy atom. The number of benzene rings is 2. The van der Waals surface area contributed by atoms with E-state index in [4.69, 9.17) is 0 Å². The first kappa shape index (κ1) is 28.6. The van der Waals surface area contributed by atoms with Crippen molar-refractivity contribution >= 4 is 53.5 Å². The number of hydrogen-bond acceptors (Lipinski definition) is 10. The van der Waals surface area contributed by atoms with E-state index in [-0.39, 0.29) is 45.3 Å². The number of imidazole rings is 2. The first-order valence-electron chi connectivity index (χ1n) is 11.0. The van der Waals surface area contributed by atoms with Gasteiger partial charge in [-0.25, -0.2) is 36.2 Å². The Morgan fingerprint density at radius 3 is 1.68 bits per heavy atom. The number of H-pyrrole nitrogens is 2. The van der Waals surface area contributed by atoms with Crippen LogP contribution in [0, 0.1) is 20.2 Å². The third-order valence-corrected chi connectivity index (χ3v) is 7.55. The molecule has 0 unspecified atom stereocenters.